The number of fused-ring (bicyclic) bond motifs is 1. The van der Waals surface area contributed by atoms with Crippen molar-refractivity contribution in [2.24, 2.45) is 0 Å². The zero-order valence-electron chi connectivity index (χ0n) is 7.95. The quantitative estimate of drug-likeness (QED) is 0.594. The molecule has 0 unspecified atom stereocenters. The number of hydrogen-bond donors (Lipinski definition) is 0. The van der Waals surface area contributed by atoms with Gasteiger partial charge < -0.3 is 0 Å². The summed E-state index contributed by atoms with van der Waals surface area (Å²) >= 11 is 0. The molecule has 1 aromatic heterocycles. The number of aryl methyl sites for hydroxylation is 2. The highest BCUT2D eigenvalue weighted by Crippen LogP contribution is 2.22. The molecule has 4 nitrogen and oxygen atoms in total. The molecular formula is C9H13N3O. The van der Waals surface area contributed by atoms with Gasteiger partial charge in [0, 0.05) is 25.6 Å². The van der Waals surface area contributed by atoms with Crippen LogP contribution in [0.4, 0.5) is 5.82 Å². The second-order valence-electron chi connectivity index (χ2n) is 3.43. The summed E-state index contributed by atoms with van der Waals surface area (Å²) in [6.45, 7) is 2.83. The fourth-order valence-electron chi connectivity index (χ4n) is 1.74. The SMILES string of the molecule is Cc1cnn2c1N(C)C(=O)CCC2. The molecule has 0 aliphatic carbocycles. The van der Waals surface area contributed by atoms with Crippen LogP contribution in [0.3, 0.4) is 0 Å². The first-order valence-electron chi connectivity index (χ1n) is 4.49. The van der Waals surface area contributed by atoms with Crippen LogP contribution in [0.25, 0.3) is 0 Å². The molecule has 0 bridgehead atoms. The van der Waals surface area contributed by atoms with E-state index < -0.39 is 0 Å². The van der Waals surface area contributed by atoms with Crippen molar-refractivity contribution in [2.75, 3.05) is 11.9 Å². The minimum atomic E-state index is 0.183. The van der Waals surface area contributed by atoms with Crippen molar-refractivity contribution < 1.29 is 4.79 Å². The molecule has 0 radical (unpaired) electrons. The number of carbonyl (C=O) groups is 1. The molecular weight excluding hydrogens is 166 g/mol. The fraction of sp³-hybridized carbons (Fsp3) is 0.556. The molecule has 1 aliphatic heterocycles. The van der Waals surface area contributed by atoms with Gasteiger partial charge in [-0.05, 0) is 13.3 Å². The molecule has 1 aromatic rings. The molecule has 13 heavy (non-hydrogen) atoms. The highest BCUT2D eigenvalue weighted by Gasteiger charge is 2.20. The van der Waals surface area contributed by atoms with Gasteiger partial charge in [0.2, 0.25) is 5.91 Å². The standard InChI is InChI=1S/C9H13N3O/c1-7-6-10-12-5-3-4-8(13)11(2)9(7)12/h6H,3-5H2,1-2H3. The van der Waals surface area contributed by atoms with Crippen molar-refractivity contribution >= 4 is 11.7 Å². The lowest BCUT2D eigenvalue weighted by Gasteiger charge is -2.15. The topological polar surface area (TPSA) is 38.1 Å². The van der Waals surface area contributed by atoms with E-state index in [1.165, 1.54) is 0 Å². The normalized spacial score (nSPS) is 17.1. The van der Waals surface area contributed by atoms with Gasteiger partial charge in [-0.15, -0.1) is 0 Å². The Kier molecular flexibility index (Phi) is 1.83. The molecule has 70 valence electrons. The summed E-state index contributed by atoms with van der Waals surface area (Å²) in [7, 11) is 1.81. The van der Waals surface area contributed by atoms with Crippen LogP contribution in [0.5, 0.6) is 0 Å². The number of rotatable bonds is 0. The second kappa shape index (κ2) is 2.87. The van der Waals surface area contributed by atoms with Crippen LogP contribution in [-0.4, -0.2) is 22.7 Å². The molecule has 4 heteroatoms. The first kappa shape index (κ1) is 8.29. The van der Waals surface area contributed by atoms with Crippen molar-refractivity contribution in [3.05, 3.63) is 11.8 Å². The van der Waals surface area contributed by atoms with Gasteiger partial charge in [0.1, 0.15) is 5.82 Å². The maximum absolute atomic E-state index is 11.5. The van der Waals surface area contributed by atoms with Gasteiger partial charge in [-0.25, -0.2) is 4.68 Å². The first-order chi connectivity index (χ1) is 6.20. The van der Waals surface area contributed by atoms with Crippen molar-refractivity contribution in [1.82, 2.24) is 9.78 Å². The molecule has 1 aliphatic rings. The van der Waals surface area contributed by atoms with E-state index >= 15 is 0 Å². The van der Waals surface area contributed by atoms with Gasteiger partial charge in [0.05, 0.1) is 6.20 Å². The van der Waals surface area contributed by atoms with Crippen LogP contribution in [-0.2, 0) is 11.3 Å². The van der Waals surface area contributed by atoms with E-state index in [1.807, 2.05) is 24.9 Å². The third kappa shape index (κ3) is 1.22. The molecule has 2 heterocycles. The second-order valence-corrected chi connectivity index (χ2v) is 3.43. The van der Waals surface area contributed by atoms with E-state index in [2.05, 4.69) is 5.10 Å². The molecule has 0 saturated heterocycles. The summed E-state index contributed by atoms with van der Waals surface area (Å²) in [4.78, 5) is 13.2. The molecule has 0 fully saturated rings. The van der Waals surface area contributed by atoms with Crippen LogP contribution in [0, 0.1) is 6.92 Å². The average molecular weight is 179 g/mol. The summed E-state index contributed by atoms with van der Waals surface area (Å²) in [5.74, 6) is 1.13. The highest BCUT2D eigenvalue weighted by atomic mass is 16.2. The van der Waals surface area contributed by atoms with E-state index in [1.54, 1.807) is 4.90 Å². The van der Waals surface area contributed by atoms with Crippen molar-refractivity contribution in [3.63, 3.8) is 0 Å². The number of aromatic nitrogens is 2. The van der Waals surface area contributed by atoms with E-state index in [4.69, 9.17) is 0 Å². The first-order valence-corrected chi connectivity index (χ1v) is 4.49. The predicted octanol–water partition coefficient (Wildman–Crippen LogP) is 0.948. The molecule has 0 spiro atoms. The Labute approximate surface area is 77.1 Å². The Balaban J connectivity index is 2.49. The van der Waals surface area contributed by atoms with Crippen LogP contribution < -0.4 is 4.90 Å². The van der Waals surface area contributed by atoms with E-state index in [9.17, 15) is 4.79 Å². The smallest absolute Gasteiger partial charge is 0.227 e. The lowest BCUT2D eigenvalue weighted by molar-refractivity contribution is -0.118. The van der Waals surface area contributed by atoms with Gasteiger partial charge in [0.15, 0.2) is 0 Å². The Bertz CT molecular complexity index is 343. The minimum absolute atomic E-state index is 0.183. The van der Waals surface area contributed by atoms with Crippen LogP contribution >= 0.6 is 0 Å². The predicted molar refractivity (Wildman–Crippen MR) is 49.6 cm³/mol. The maximum Gasteiger partial charge on any atom is 0.227 e. The number of nitrogens with zero attached hydrogens (tertiary/aromatic N) is 3. The van der Waals surface area contributed by atoms with Crippen molar-refractivity contribution in [1.29, 1.82) is 0 Å². The number of hydrogen-bond acceptors (Lipinski definition) is 2. The van der Waals surface area contributed by atoms with E-state index in [-0.39, 0.29) is 5.91 Å². The van der Waals surface area contributed by atoms with Crippen LogP contribution in [0.2, 0.25) is 0 Å². The molecule has 1 amide bonds. The minimum Gasteiger partial charge on any atom is -0.300 e. The molecule has 0 atom stereocenters. The maximum atomic E-state index is 11.5. The number of anilines is 1. The zero-order chi connectivity index (χ0) is 9.42. The van der Waals surface area contributed by atoms with Crippen LogP contribution in [0.1, 0.15) is 18.4 Å². The lowest BCUT2D eigenvalue weighted by Crippen LogP contribution is -2.26. The van der Waals surface area contributed by atoms with Crippen LogP contribution in [0.15, 0.2) is 6.20 Å². The van der Waals surface area contributed by atoms with Crippen molar-refractivity contribution in [3.8, 4) is 0 Å². The molecule has 2 rings (SSSR count). The summed E-state index contributed by atoms with van der Waals surface area (Å²) in [5, 5.41) is 4.22. The van der Waals surface area contributed by atoms with Gasteiger partial charge >= 0.3 is 0 Å². The Morgan fingerprint density at radius 2 is 2.31 bits per heavy atom. The fourth-order valence-corrected chi connectivity index (χ4v) is 1.74. The summed E-state index contributed by atoms with van der Waals surface area (Å²) < 4.78 is 1.90. The van der Waals surface area contributed by atoms with E-state index in [0.29, 0.717) is 6.42 Å². The molecule has 0 saturated carbocycles. The van der Waals surface area contributed by atoms with Crippen molar-refractivity contribution in [2.45, 2.75) is 26.3 Å². The summed E-state index contributed by atoms with van der Waals surface area (Å²) in [6, 6.07) is 0. The Morgan fingerprint density at radius 1 is 1.54 bits per heavy atom. The highest BCUT2D eigenvalue weighted by molar-refractivity contribution is 5.92. The lowest BCUT2D eigenvalue weighted by atomic mass is 10.3. The number of carbonyl (C=O) groups excluding carboxylic acids is 1. The third-order valence-electron chi connectivity index (χ3n) is 2.44. The monoisotopic (exact) mass is 179 g/mol. The largest absolute Gasteiger partial charge is 0.300 e. The molecule has 0 N–H and O–H groups in total. The Hall–Kier alpha value is -1.32. The number of amides is 1. The Morgan fingerprint density at radius 3 is 3.08 bits per heavy atom. The molecule has 0 aromatic carbocycles. The third-order valence-corrected chi connectivity index (χ3v) is 2.44. The van der Waals surface area contributed by atoms with Gasteiger partial charge in [-0.2, -0.15) is 5.10 Å². The summed E-state index contributed by atoms with van der Waals surface area (Å²) in [5.41, 5.74) is 1.07. The van der Waals surface area contributed by atoms with Gasteiger partial charge in [-0.1, -0.05) is 0 Å². The van der Waals surface area contributed by atoms with E-state index in [0.717, 1.165) is 24.3 Å². The average Bonchev–Trinajstić information content (AvgIpc) is 2.39. The zero-order valence-corrected chi connectivity index (χ0v) is 7.95. The summed E-state index contributed by atoms with van der Waals surface area (Å²) in [6.07, 6.45) is 3.32. The van der Waals surface area contributed by atoms with Gasteiger partial charge in [0.25, 0.3) is 0 Å². The van der Waals surface area contributed by atoms with Gasteiger partial charge in [-0.3, -0.25) is 9.69 Å².